The standard InChI is InChI=1S/C6H7N3O4/c10-4(5(11)12)7-1-3-2-8-6(13)9-3/h2H,1H2,(H,7,10)(H,11,12)(H2,8,9,13). The highest BCUT2D eigenvalue weighted by atomic mass is 16.4. The summed E-state index contributed by atoms with van der Waals surface area (Å²) in [6, 6.07) is 0. The normalized spacial score (nSPS) is 9.54. The molecule has 4 N–H and O–H groups in total. The van der Waals surface area contributed by atoms with Crippen LogP contribution in [0.4, 0.5) is 0 Å². The zero-order valence-electron chi connectivity index (χ0n) is 6.46. The molecule has 0 radical (unpaired) electrons. The highest BCUT2D eigenvalue weighted by Crippen LogP contribution is 1.85. The van der Waals surface area contributed by atoms with E-state index in [4.69, 9.17) is 5.11 Å². The minimum Gasteiger partial charge on any atom is -0.474 e. The topological polar surface area (TPSA) is 115 Å². The maximum atomic E-state index is 10.5. The van der Waals surface area contributed by atoms with E-state index in [1.165, 1.54) is 6.20 Å². The first-order valence-electron chi connectivity index (χ1n) is 3.37. The maximum Gasteiger partial charge on any atom is 0.394 e. The molecule has 1 heterocycles. The Hall–Kier alpha value is -2.05. The van der Waals surface area contributed by atoms with Gasteiger partial charge in [0.2, 0.25) is 0 Å². The fraction of sp³-hybridized carbons (Fsp3) is 0.167. The predicted molar refractivity (Wildman–Crippen MR) is 40.9 cm³/mol. The van der Waals surface area contributed by atoms with Gasteiger partial charge in [0.05, 0.1) is 12.2 Å². The smallest absolute Gasteiger partial charge is 0.394 e. The third-order valence-corrected chi connectivity index (χ3v) is 1.29. The van der Waals surface area contributed by atoms with Crippen molar-refractivity contribution in [1.29, 1.82) is 0 Å². The number of imidazole rings is 1. The van der Waals surface area contributed by atoms with Gasteiger partial charge in [-0.25, -0.2) is 9.59 Å². The van der Waals surface area contributed by atoms with Crippen LogP contribution in [0.3, 0.4) is 0 Å². The highest BCUT2D eigenvalue weighted by Gasteiger charge is 2.09. The molecule has 7 heteroatoms. The monoisotopic (exact) mass is 185 g/mol. The van der Waals surface area contributed by atoms with Gasteiger partial charge in [0.15, 0.2) is 0 Å². The zero-order chi connectivity index (χ0) is 9.84. The number of H-pyrrole nitrogens is 2. The van der Waals surface area contributed by atoms with Crippen LogP contribution < -0.4 is 11.0 Å². The molecule has 0 saturated carbocycles. The van der Waals surface area contributed by atoms with Gasteiger partial charge in [-0.05, 0) is 0 Å². The molecule has 0 aliphatic carbocycles. The quantitative estimate of drug-likeness (QED) is 0.415. The number of carbonyl (C=O) groups excluding carboxylic acids is 1. The van der Waals surface area contributed by atoms with E-state index in [-0.39, 0.29) is 6.54 Å². The Morgan fingerprint density at radius 1 is 1.54 bits per heavy atom. The van der Waals surface area contributed by atoms with Crippen LogP contribution in [0.2, 0.25) is 0 Å². The molecule has 0 spiro atoms. The Bertz CT molecular complexity index is 377. The third-order valence-electron chi connectivity index (χ3n) is 1.29. The SMILES string of the molecule is O=C(O)C(=O)NCc1c[nH]c(=O)[nH]1. The average Bonchev–Trinajstić information content (AvgIpc) is 2.47. The summed E-state index contributed by atoms with van der Waals surface area (Å²) in [7, 11) is 0. The summed E-state index contributed by atoms with van der Waals surface area (Å²) in [6.07, 6.45) is 1.35. The fourth-order valence-electron chi connectivity index (χ4n) is 0.717. The molecule has 0 bridgehead atoms. The molecule has 70 valence electrons. The molecule has 0 aromatic carbocycles. The molecule has 0 aliphatic rings. The molecule has 13 heavy (non-hydrogen) atoms. The minimum absolute atomic E-state index is 0.0239. The van der Waals surface area contributed by atoms with E-state index in [9.17, 15) is 14.4 Å². The summed E-state index contributed by atoms with van der Waals surface area (Å²) in [5, 5.41) is 10.3. The van der Waals surface area contributed by atoms with E-state index < -0.39 is 17.6 Å². The van der Waals surface area contributed by atoms with Crippen molar-refractivity contribution in [3.8, 4) is 0 Å². The summed E-state index contributed by atoms with van der Waals surface area (Å²) < 4.78 is 0. The van der Waals surface area contributed by atoms with Crippen molar-refractivity contribution in [3.63, 3.8) is 0 Å². The van der Waals surface area contributed by atoms with Crippen molar-refractivity contribution in [2.24, 2.45) is 0 Å². The number of carboxylic acid groups (broad SMARTS) is 1. The second kappa shape index (κ2) is 3.57. The first-order valence-corrected chi connectivity index (χ1v) is 3.37. The number of aliphatic carboxylic acids is 1. The molecule has 0 saturated heterocycles. The highest BCUT2D eigenvalue weighted by molar-refractivity contribution is 6.31. The molecule has 7 nitrogen and oxygen atoms in total. The van der Waals surface area contributed by atoms with Crippen LogP contribution in [0.5, 0.6) is 0 Å². The molecule has 0 atom stereocenters. The van der Waals surface area contributed by atoms with Gasteiger partial charge in [-0.3, -0.25) is 4.79 Å². The van der Waals surface area contributed by atoms with Gasteiger partial charge in [-0.15, -0.1) is 0 Å². The number of rotatable bonds is 2. The average molecular weight is 185 g/mol. The van der Waals surface area contributed by atoms with Gasteiger partial charge in [-0.1, -0.05) is 0 Å². The second-order valence-electron chi connectivity index (χ2n) is 2.26. The molecule has 0 aliphatic heterocycles. The van der Waals surface area contributed by atoms with Gasteiger partial charge in [-0.2, -0.15) is 0 Å². The lowest BCUT2D eigenvalue weighted by molar-refractivity contribution is -0.150. The van der Waals surface area contributed by atoms with Crippen LogP contribution in [-0.4, -0.2) is 27.0 Å². The predicted octanol–water partition coefficient (Wildman–Crippen LogP) is -1.60. The van der Waals surface area contributed by atoms with Gasteiger partial charge in [0.25, 0.3) is 0 Å². The summed E-state index contributed by atoms with van der Waals surface area (Å²) in [4.78, 5) is 35.7. The van der Waals surface area contributed by atoms with E-state index in [0.29, 0.717) is 5.69 Å². The molecule has 1 rings (SSSR count). The molecular weight excluding hydrogens is 178 g/mol. The van der Waals surface area contributed by atoms with Gasteiger partial charge >= 0.3 is 17.6 Å². The summed E-state index contributed by atoms with van der Waals surface area (Å²) in [5.41, 5.74) is 0.0131. The van der Waals surface area contributed by atoms with E-state index in [0.717, 1.165) is 0 Å². The lowest BCUT2D eigenvalue weighted by Gasteiger charge is -1.97. The lowest BCUT2D eigenvalue weighted by Crippen LogP contribution is -2.30. The van der Waals surface area contributed by atoms with Gasteiger partial charge in [0.1, 0.15) is 0 Å². The van der Waals surface area contributed by atoms with Crippen molar-refractivity contribution >= 4 is 11.9 Å². The molecule has 1 amide bonds. The number of amides is 1. The molecule has 1 aromatic rings. The number of hydrogen-bond donors (Lipinski definition) is 4. The fourth-order valence-corrected chi connectivity index (χ4v) is 0.717. The minimum atomic E-state index is -1.56. The van der Waals surface area contributed by atoms with Gasteiger partial charge < -0.3 is 20.4 Å². The van der Waals surface area contributed by atoms with Crippen molar-refractivity contribution < 1.29 is 14.7 Å². The number of carbonyl (C=O) groups is 2. The van der Waals surface area contributed by atoms with E-state index in [1.54, 1.807) is 0 Å². The first-order chi connectivity index (χ1) is 6.09. The zero-order valence-corrected chi connectivity index (χ0v) is 6.46. The van der Waals surface area contributed by atoms with E-state index in [1.807, 2.05) is 0 Å². The number of aromatic amines is 2. The van der Waals surface area contributed by atoms with Crippen molar-refractivity contribution in [2.45, 2.75) is 6.54 Å². The van der Waals surface area contributed by atoms with E-state index >= 15 is 0 Å². The van der Waals surface area contributed by atoms with Crippen LogP contribution in [-0.2, 0) is 16.1 Å². The summed E-state index contributed by atoms with van der Waals surface area (Å²) >= 11 is 0. The Labute approximate surface area is 71.8 Å². The second-order valence-corrected chi connectivity index (χ2v) is 2.26. The van der Waals surface area contributed by atoms with Crippen LogP contribution in [0.15, 0.2) is 11.0 Å². The largest absolute Gasteiger partial charge is 0.474 e. The maximum absolute atomic E-state index is 10.5. The molecular formula is C6H7N3O4. The van der Waals surface area contributed by atoms with Crippen molar-refractivity contribution in [2.75, 3.05) is 0 Å². The third kappa shape index (κ3) is 2.47. The Morgan fingerprint density at radius 2 is 2.23 bits per heavy atom. The molecule has 1 aromatic heterocycles. The molecule has 0 unspecified atom stereocenters. The van der Waals surface area contributed by atoms with Crippen molar-refractivity contribution in [3.05, 3.63) is 22.4 Å². The summed E-state index contributed by atoms with van der Waals surface area (Å²) in [6.45, 7) is -0.0239. The van der Waals surface area contributed by atoms with Crippen molar-refractivity contribution in [1.82, 2.24) is 15.3 Å². The van der Waals surface area contributed by atoms with Crippen LogP contribution >= 0.6 is 0 Å². The van der Waals surface area contributed by atoms with Crippen LogP contribution in [0.1, 0.15) is 5.69 Å². The Morgan fingerprint density at radius 3 is 2.69 bits per heavy atom. The summed E-state index contributed by atoms with van der Waals surface area (Å²) in [5.74, 6) is -2.67. The van der Waals surface area contributed by atoms with Gasteiger partial charge in [0, 0.05) is 6.20 Å². The number of nitrogens with one attached hydrogen (secondary N) is 3. The first kappa shape index (κ1) is 9.04. The number of carboxylic acids is 1. The number of aromatic nitrogens is 2. The lowest BCUT2D eigenvalue weighted by atomic mass is 10.4. The Kier molecular flexibility index (Phi) is 2.48. The van der Waals surface area contributed by atoms with Crippen LogP contribution in [0.25, 0.3) is 0 Å². The number of hydrogen-bond acceptors (Lipinski definition) is 3. The molecule has 0 fully saturated rings. The Balaban J connectivity index is 2.48. The van der Waals surface area contributed by atoms with Crippen LogP contribution in [0, 0.1) is 0 Å². The van der Waals surface area contributed by atoms with E-state index in [2.05, 4.69) is 15.3 Å².